The molecule has 1 aliphatic heterocycles. The normalized spacial score (nSPS) is 25.3. The molecule has 0 spiro atoms. The summed E-state index contributed by atoms with van der Waals surface area (Å²) in [5.41, 5.74) is 0.829. The molecule has 0 unspecified atom stereocenters. The third kappa shape index (κ3) is 7.05. The number of hydrogen-bond acceptors (Lipinski definition) is 8. The lowest BCUT2D eigenvalue weighted by Crippen LogP contribution is -2.55. The van der Waals surface area contributed by atoms with Crippen LogP contribution >= 0.6 is 0 Å². The van der Waals surface area contributed by atoms with Crippen LogP contribution in [0.15, 0.2) is 24.3 Å². The van der Waals surface area contributed by atoms with E-state index in [-0.39, 0.29) is 17.6 Å². The first-order chi connectivity index (χ1) is 15.6. The molecule has 0 aromatic heterocycles. The van der Waals surface area contributed by atoms with E-state index in [2.05, 4.69) is 33.9 Å². The molecule has 1 aromatic carbocycles. The number of hydrogen-bond donors (Lipinski definition) is 0. The predicted molar refractivity (Wildman–Crippen MR) is 129 cm³/mol. The van der Waals surface area contributed by atoms with Crippen LogP contribution in [0, 0.1) is 5.92 Å². The molecule has 0 amide bonds. The standard InChI is InChI=1S/C25H38O8Si/c1-15-22(19-11-10-12-20(13-19)33-34(8,9)25(5,6)7)32-21(14-29-16(2)26)24(31-18(4)28)23(15)30-17(3)27/h10-13,15,21-24H,14H2,1-9H3/t15-,21-,22+,23-,24-/m1/s1. The maximum absolute atomic E-state index is 11.9. The van der Waals surface area contributed by atoms with Crippen molar-refractivity contribution in [3.63, 3.8) is 0 Å². The van der Waals surface area contributed by atoms with E-state index < -0.39 is 50.6 Å². The van der Waals surface area contributed by atoms with Gasteiger partial charge in [-0.1, -0.05) is 39.8 Å². The first-order valence-corrected chi connectivity index (χ1v) is 14.5. The number of carbonyl (C=O) groups excluding carboxylic acids is 3. The zero-order valence-corrected chi connectivity index (χ0v) is 22.7. The zero-order chi connectivity index (χ0) is 25.8. The molecule has 1 aliphatic rings. The van der Waals surface area contributed by atoms with Crippen LogP contribution in [0.1, 0.15) is 60.1 Å². The monoisotopic (exact) mass is 494 g/mol. The van der Waals surface area contributed by atoms with Crippen LogP contribution < -0.4 is 4.43 Å². The van der Waals surface area contributed by atoms with Crippen molar-refractivity contribution in [3.05, 3.63) is 29.8 Å². The van der Waals surface area contributed by atoms with Crippen LogP contribution in [0.3, 0.4) is 0 Å². The lowest BCUT2D eigenvalue weighted by molar-refractivity contribution is -0.232. The smallest absolute Gasteiger partial charge is 0.303 e. The van der Waals surface area contributed by atoms with Crippen LogP contribution in [0.2, 0.25) is 18.1 Å². The number of ether oxygens (including phenoxy) is 4. The zero-order valence-electron chi connectivity index (χ0n) is 21.7. The molecule has 0 N–H and O–H groups in total. The van der Waals surface area contributed by atoms with E-state index in [9.17, 15) is 14.4 Å². The lowest BCUT2D eigenvalue weighted by atomic mass is 9.84. The molecule has 0 radical (unpaired) electrons. The topological polar surface area (TPSA) is 97.4 Å². The van der Waals surface area contributed by atoms with Crippen LogP contribution in [0.5, 0.6) is 5.75 Å². The molecule has 9 heteroatoms. The highest BCUT2D eigenvalue weighted by molar-refractivity contribution is 6.74. The summed E-state index contributed by atoms with van der Waals surface area (Å²) in [7, 11) is -2.06. The molecule has 1 saturated heterocycles. The highest BCUT2D eigenvalue weighted by atomic mass is 28.4. The van der Waals surface area contributed by atoms with Crippen LogP contribution in [-0.2, 0) is 33.3 Å². The van der Waals surface area contributed by atoms with Crippen molar-refractivity contribution in [2.75, 3.05) is 6.61 Å². The van der Waals surface area contributed by atoms with Gasteiger partial charge in [0.1, 0.15) is 24.6 Å². The molecule has 8 nitrogen and oxygen atoms in total. The number of rotatable bonds is 7. The van der Waals surface area contributed by atoms with Gasteiger partial charge in [0.2, 0.25) is 8.32 Å². The third-order valence-electron chi connectivity index (χ3n) is 6.43. The van der Waals surface area contributed by atoms with Crippen molar-refractivity contribution in [1.82, 2.24) is 0 Å². The molecule has 190 valence electrons. The first-order valence-electron chi connectivity index (χ1n) is 11.5. The van der Waals surface area contributed by atoms with E-state index in [1.54, 1.807) is 0 Å². The van der Waals surface area contributed by atoms with Crippen LogP contribution in [0.25, 0.3) is 0 Å². The Kier molecular flexibility index (Phi) is 8.93. The average Bonchev–Trinajstić information content (AvgIpc) is 2.68. The van der Waals surface area contributed by atoms with Gasteiger partial charge in [-0.25, -0.2) is 0 Å². The summed E-state index contributed by atoms with van der Waals surface area (Å²) < 4.78 is 29.0. The second-order valence-corrected chi connectivity index (χ2v) is 15.1. The van der Waals surface area contributed by atoms with Gasteiger partial charge < -0.3 is 23.4 Å². The summed E-state index contributed by atoms with van der Waals surface area (Å²) in [6, 6.07) is 7.66. The summed E-state index contributed by atoms with van der Waals surface area (Å²) in [5, 5.41) is 0.0322. The summed E-state index contributed by atoms with van der Waals surface area (Å²) in [6.07, 6.45) is -3.03. The molecule has 1 aromatic rings. The quantitative estimate of drug-likeness (QED) is 0.309. The minimum Gasteiger partial charge on any atom is -0.543 e. The maximum Gasteiger partial charge on any atom is 0.303 e. The largest absolute Gasteiger partial charge is 0.543 e. The van der Waals surface area contributed by atoms with Gasteiger partial charge in [-0.15, -0.1) is 0 Å². The maximum atomic E-state index is 11.9. The number of benzene rings is 1. The van der Waals surface area contributed by atoms with Crippen molar-refractivity contribution in [3.8, 4) is 5.75 Å². The summed E-state index contributed by atoms with van der Waals surface area (Å²) in [6.45, 7) is 16.5. The van der Waals surface area contributed by atoms with Crippen molar-refractivity contribution in [2.24, 2.45) is 5.92 Å². The number of carbonyl (C=O) groups is 3. The third-order valence-corrected chi connectivity index (χ3v) is 10.8. The molecular formula is C25H38O8Si. The van der Waals surface area contributed by atoms with E-state index in [1.807, 2.05) is 31.2 Å². The molecule has 0 bridgehead atoms. The molecule has 0 saturated carbocycles. The number of esters is 3. The van der Waals surface area contributed by atoms with Gasteiger partial charge in [0, 0.05) is 26.7 Å². The second kappa shape index (κ2) is 10.9. The first kappa shape index (κ1) is 27.8. The van der Waals surface area contributed by atoms with Gasteiger partial charge in [-0.3, -0.25) is 14.4 Å². The Morgan fingerprint density at radius 2 is 1.56 bits per heavy atom. The fourth-order valence-electron chi connectivity index (χ4n) is 3.69. The Balaban J connectivity index is 2.42. The Labute approximate surface area is 203 Å². The molecule has 2 rings (SSSR count). The van der Waals surface area contributed by atoms with E-state index in [0.29, 0.717) is 0 Å². The highest BCUT2D eigenvalue weighted by Gasteiger charge is 2.49. The average molecular weight is 495 g/mol. The van der Waals surface area contributed by atoms with Crippen molar-refractivity contribution in [1.29, 1.82) is 0 Å². The summed E-state index contributed by atoms with van der Waals surface area (Å²) >= 11 is 0. The molecule has 1 heterocycles. The predicted octanol–water partition coefficient (Wildman–Crippen LogP) is 4.57. The minimum absolute atomic E-state index is 0.0322. The minimum atomic E-state index is -2.06. The van der Waals surface area contributed by atoms with Gasteiger partial charge in [0.05, 0.1) is 6.10 Å². The van der Waals surface area contributed by atoms with Gasteiger partial charge in [0.15, 0.2) is 6.10 Å². The van der Waals surface area contributed by atoms with Crippen molar-refractivity contribution >= 4 is 26.2 Å². The van der Waals surface area contributed by atoms with E-state index in [4.69, 9.17) is 23.4 Å². The molecule has 0 aliphatic carbocycles. The summed E-state index contributed by atoms with van der Waals surface area (Å²) in [4.78, 5) is 35.2. The Bertz CT molecular complexity index is 891. The second-order valence-electron chi connectivity index (χ2n) is 10.3. The Morgan fingerprint density at radius 3 is 2.09 bits per heavy atom. The highest BCUT2D eigenvalue weighted by Crippen LogP contribution is 2.42. The van der Waals surface area contributed by atoms with Gasteiger partial charge in [-0.2, -0.15) is 0 Å². The van der Waals surface area contributed by atoms with Crippen LogP contribution in [0.4, 0.5) is 0 Å². The van der Waals surface area contributed by atoms with E-state index in [0.717, 1.165) is 11.3 Å². The van der Waals surface area contributed by atoms with Gasteiger partial charge in [-0.05, 0) is 35.8 Å². The molecule has 5 atom stereocenters. The molecule has 34 heavy (non-hydrogen) atoms. The van der Waals surface area contributed by atoms with Gasteiger partial charge in [0.25, 0.3) is 0 Å². The molecule has 1 fully saturated rings. The summed E-state index contributed by atoms with van der Waals surface area (Å²) in [5.74, 6) is -1.16. The van der Waals surface area contributed by atoms with E-state index >= 15 is 0 Å². The van der Waals surface area contributed by atoms with E-state index in [1.165, 1.54) is 20.8 Å². The fourth-order valence-corrected chi connectivity index (χ4v) is 4.71. The Hall–Kier alpha value is -2.39. The molecular weight excluding hydrogens is 456 g/mol. The van der Waals surface area contributed by atoms with Crippen molar-refractivity contribution in [2.45, 2.75) is 91.0 Å². The fraction of sp³-hybridized carbons (Fsp3) is 0.640. The van der Waals surface area contributed by atoms with Crippen LogP contribution in [-0.4, -0.2) is 51.1 Å². The lowest BCUT2D eigenvalue weighted by Gasteiger charge is -2.44. The Morgan fingerprint density at radius 1 is 0.971 bits per heavy atom. The SMILES string of the molecule is CC(=O)OC[C@H]1O[C@H](c2cccc(O[Si](C)(C)C(C)(C)C)c2)[C@@H](C)[C@@H](OC(C)=O)[C@@H]1OC(C)=O. The van der Waals surface area contributed by atoms with Crippen molar-refractivity contribution < 1.29 is 37.8 Å². The van der Waals surface area contributed by atoms with Gasteiger partial charge >= 0.3 is 17.9 Å².